The van der Waals surface area contributed by atoms with Gasteiger partial charge in [-0.15, -0.1) is 0 Å². The number of hydrogen-bond donors (Lipinski definition) is 1. The van der Waals surface area contributed by atoms with Gasteiger partial charge in [-0.2, -0.15) is 5.10 Å². The number of benzene rings is 1. The molecule has 0 spiro atoms. The molecule has 0 aliphatic carbocycles. The Morgan fingerprint density at radius 3 is 2.53 bits per heavy atom. The Balaban J connectivity index is 2.50. The highest BCUT2D eigenvalue weighted by Crippen LogP contribution is 2.31. The zero-order chi connectivity index (χ0) is 14.2. The van der Waals surface area contributed by atoms with Gasteiger partial charge in [0.25, 0.3) is 0 Å². The van der Waals surface area contributed by atoms with Gasteiger partial charge in [-0.05, 0) is 32.9 Å². The SMILES string of the molecule is Cc1nn(C(C)C)cc1-c1ccc(C(=O)O)cc1Cl. The van der Waals surface area contributed by atoms with Crippen LogP contribution in [0.1, 0.15) is 35.9 Å². The fraction of sp³-hybridized carbons (Fsp3) is 0.286. The summed E-state index contributed by atoms with van der Waals surface area (Å²) in [4.78, 5) is 10.9. The number of halogens is 1. The van der Waals surface area contributed by atoms with E-state index < -0.39 is 5.97 Å². The predicted octanol–water partition coefficient (Wildman–Crippen LogP) is 3.79. The summed E-state index contributed by atoms with van der Waals surface area (Å²) in [6, 6.07) is 5.01. The Kier molecular flexibility index (Phi) is 3.62. The van der Waals surface area contributed by atoms with E-state index in [1.54, 1.807) is 12.1 Å². The Morgan fingerprint density at radius 1 is 1.37 bits per heavy atom. The first kappa shape index (κ1) is 13.6. The maximum atomic E-state index is 10.9. The van der Waals surface area contributed by atoms with Gasteiger partial charge in [-0.1, -0.05) is 17.7 Å². The molecule has 0 bridgehead atoms. The molecule has 0 radical (unpaired) electrons. The second kappa shape index (κ2) is 5.05. The molecular formula is C14H15ClN2O2. The topological polar surface area (TPSA) is 55.1 Å². The summed E-state index contributed by atoms with van der Waals surface area (Å²) in [7, 11) is 0. The first-order chi connectivity index (χ1) is 8.90. The predicted molar refractivity (Wildman–Crippen MR) is 74.8 cm³/mol. The normalized spacial score (nSPS) is 11.0. The van der Waals surface area contributed by atoms with E-state index in [-0.39, 0.29) is 11.6 Å². The molecule has 1 heterocycles. The molecule has 0 aliphatic rings. The summed E-state index contributed by atoms with van der Waals surface area (Å²) < 4.78 is 1.87. The van der Waals surface area contributed by atoms with Gasteiger partial charge in [-0.25, -0.2) is 4.79 Å². The molecule has 100 valence electrons. The number of carboxylic acids is 1. The molecule has 0 saturated carbocycles. The quantitative estimate of drug-likeness (QED) is 0.929. The van der Waals surface area contributed by atoms with Crippen molar-refractivity contribution >= 4 is 17.6 Å². The van der Waals surface area contributed by atoms with Crippen LogP contribution in [0.3, 0.4) is 0 Å². The third-order valence-corrected chi connectivity index (χ3v) is 3.26. The van der Waals surface area contributed by atoms with Crippen LogP contribution >= 0.6 is 11.6 Å². The summed E-state index contributed by atoms with van der Waals surface area (Å²) in [6.07, 6.45) is 1.93. The Morgan fingerprint density at radius 2 is 2.05 bits per heavy atom. The van der Waals surface area contributed by atoms with Crippen LogP contribution < -0.4 is 0 Å². The molecule has 5 heteroatoms. The van der Waals surface area contributed by atoms with Crippen LogP contribution in [0.5, 0.6) is 0 Å². The van der Waals surface area contributed by atoms with Gasteiger partial charge in [0.1, 0.15) is 0 Å². The van der Waals surface area contributed by atoms with Crippen molar-refractivity contribution in [2.45, 2.75) is 26.8 Å². The molecule has 0 aliphatic heterocycles. The van der Waals surface area contributed by atoms with Crippen LogP contribution in [-0.4, -0.2) is 20.9 Å². The monoisotopic (exact) mass is 278 g/mol. The molecule has 0 unspecified atom stereocenters. The summed E-state index contributed by atoms with van der Waals surface area (Å²) in [5, 5.41) is 13.8. The van der Waals surface area contributed by atoms with Crippen LogP contribution in [0, 0.1) is 6.92 Å². The average Bonchev–Trinajstić information content (AvgIpc) is 2.71. The summed E-state index contributed by atoms with van der Waals surface area (Å²) >= 11 is 6.17. The highest BCUT2D eigenvalue weighted by Gasteiger charge is 2.14. The fourth-order valence-corrected chi connectivity index (χ4v) is 2.16. The second-order valence-corrected chi connectivity index (χ2v) is 5.11. The lowest BCUT2D eigenvalue weighted by Gasteiger charge is -2.05. The number of aromatic nitrogens is 2. The lowest BCUT2D eigenvalue weighted by Crippen LogP contribution is -2.00. The van der Waals surface area contributed by atoms with Crippen molar-refractivity contribution in [3.8, 4) is 11.1 Å². The first-order valence-electron chi connectivity index (χ1n) is 5.99. The summed E-state index contributed by atoms with van der Waals surface area (Å²) in [5.74, 6) is -0.983. The molecule has 4 nitrogen and oxygen atoms in total. The van der Waals surface area contributed by atoms with Crippen molar-refractivity contribution < 1.29 is 9.90 Å². The zero-order valence-corrected chi connectivity index (χ0v) is 11.8. The smallest absolute Gasteiger partial charge is 0.335 e. The van der Waals surface area contributed by atoms with E-state index in [1.807, 2.05) is 31.6 Å². The lowest BCUT2D eigenvalue weighted by atomic mass is 10.0. The van der Waals surface area contributed by atoms with Crippen LogP contribution in [0.4, 0.5) is 0 Å². The third kappa shape index (κ3) is 2.63. The Labute approximate surface area is 116 Å². The molecule has 1 aromatic carbocycles. The minimum atomic E-state index is -0.983. The van der Waals surface area contributed by atoms with Gasteiger partial charge in [-0.3, -0.25) is 4.68 Å². The van der Waals surface area contributed by atoms with E-state index in [9.17, 15) is 4.79 Å². The van der Waals surface area contributed by atoms with Gasteiger partial charge in [0, 0.05) is 28.4 Å². The highest BCUT2D eigenvalue weighted by molar-refractivity contribution is 6.33. The standard InChI is InChI=1S/C14H15ClN2O2/c1-8(2)17-7-12(9(3)16-17)11-5-4-10(14(18)19)6-13(11)15/h4-8H,1-3H3,(H,18,19). The van der Waals surface area contributed by atoms with Gasteiger partial charge in [0.15, 0.2) is 0 Å². The zero-order valence-electron chi connectivity index (χ0n) is 11.0. The minimum Gasteiger partial charge on any atom is -0.478 e. The van der Waals surface area contributed by atoms with Crippen molar-refractivity contribution in [2.24, 2.45) is 0 Å². The molecule has 0 amide bonds. The third-order valence-electron chi connectivity index (χ3n) is 2.95. The number of carbonyl (C=O) groups is 1. The molecule has 19 heavy (non-hydrogen) atoms. The lowest BCUT2D eigenvalue weighted by molar-refractivity contribution is 0.0697. The van der Waals surface area contributed by atoms with E-state index in [1.165, 1.54) is 6.07 Å². The number of aromatic carboxylic acids is 1. The number of hydrogen-bond acceptors (Lipinski definition) is 2. The Hall–Kier alpha value is -1.81. The van der Waals surface area contributed by atoms with Crippen molar-refractivity contribution in [1.82, 2.24) is 9.78 Å². The van der Waals surface area contributed by atoms with E-state index in [2.05, 4.69) is 5.10 Å². The van der Waals surface area contributed by atoms with E-state index in [0.717, 1.165) is 16.8 Å². The number of aryl methyl sites for hydroxylation is 1. The minimum absolute atomic E-state index is 0.183. The Bertz CT molecular complexity index is 632. The first-order valence-corrected chi connectivity index (χ1v) is 6.37. The average molecular weight is 279 g/mol. The number of nitrogens with zero attached hydrogens (tertiary/aromatic N) is 2. The van der Waals surface area contributed by atoms with Gasteiger partial charge < -0.3 is 5.11 Å². The maximum absolute atomic E-state index is 10.9. The largest absolute Gasteiger partial charge is 0.478 e. The number of rotatable bonds is 3. The van der Waals surface area contributed by atoms with Crippen molar-refractivity contribution in [3.05, 3.63) is 40.7 Å². The summed E-state index contributed by atoms with van der Waals surface area (Å²) in [5.41, 5.74) is 2.79. The van der Waals surface area contributed by atoms with Crippen LogP contribution in [0.2, 0.25) is 5.02 Å². The molecular weight excluding hydrogens is 264 g/mol. The van der Waals surface area contributed by atoms with Crippen LogP contribution in [0.15, 0.2) is 24.4 Å². The van der Waals surface area contributed by atoms with Gasteiger partial charge >= 0.3 is 5.97 Å². The molecule has 2 rings (SSSR count). The van der Waals surface area contributed by atoms with Crippen molar-refractivity contribution in [3.63, 3.8) is 0 Å². The van der Waals surface area contributed by atoms with Gasteiger partial charge in [0.2, 0.25) is 0 Å². The van der Waals surface area contributed by atoms with E-state index >= 15 is 0 Å². The molecule has 2 aromatic rings. The van der Waals surface area contributed by atoms with Crippen molar-refractivity contribution in [2.75, 3.05) is 0 Å². The summed E-state index contributed by atoms with van der Waals surface area (Å²) in [6.45, 7) is 6.01. The molecule has 0 fully saturated rings. The fourth-order valence-electron chi connectivity index (χ4n) is 1.88. The second-order valence-electron chi connectivity index (χ2n) is 4.70. The molecule has 1 N–H and O–H groups in total. The highest BCUT2D eigenvalue weighted by atomic mass is 35.5. The van der Waals surface area contributed by atoms with Crippen molar-refractivity contribution in [1.29, 1.82) is 0 Å². The van der Waals surface area contributed by atoms with Crippen LogP contribution in [-0.2, 0) is 0 Å². The van der Waals surface area contributed by atoms with Gasteiger partial charge in [0.05, 0.1) is 11.3 Å². The van der Waals surface area contributed by atoms with E-state index in [4.69, 9.17) is 16.7 Å². The number of carboxylic acid groups (broad SMARTS) is 1. The molecule has 0 saturated heterocycles. The maximum Gasteiger partial charge on any atom is 0.335 e. The molecule has 0 atom stereocenters. The van der Waals surface area contributed by atoms with E-state index in [0.29, 0.717) is 5.02 Å². The molecule has 1 aromatic heterocycles. The van der Waals surface area contributed by atoms with Crippen LogP contribution in [0.25, 0.3) is 11.1 Å².